The molecule has 0 spiro atoms. The van der Waals surface area contributed by atoms with Crippen molar-refractivity contribution >= 4 is 0 Å². The molecule has 5 heteroatoms. The monoisotopic (exact) mass is 506 g/mol. The number of benzene rings is 2. The Hall–Kier alpha value is -2.95. The third-order valence-electron chi connectivity index (χ3n) is 6.50. The fourth-order valence-electron chi connectivity index (χ4n) is 4.26. The molecule has 0 fully saturated rings. The van der Waals surface area contributed by atoms with Gasteiger partial charge in [0, 0.05) is 23.5 Å². The van der Waals surface area contributed by atoms with Crippen molar-refractivity contribution in [3.05, 3.63) is 60.9 Å². The molecular formula is C32H43FN2O2. The van der Waals surface area contributed by atoms with Crippen molar-refractivity contribution in [1.29, 1.82) is 0 Å². The molecule has 0 aliphatic heterocycles. The minimum Gasteiger partial charge on any atom is -0.494 e. The van der Waals surface area contributed by atoms with E-state index in [0.29, 0.717) is 18.0 Å². The number of nitrogens with zero attached hydrogens (tertiary/aromatic N) is 2. The summed E-state index contributed by atoms with van der Waals surface area (Å²) in [5.74, 6) is 2.20. The number of rotatable bonds is 18. The van der Waals surface area contributed by atoms with Crippen molar-refractivity contribution in [3.63, 3.8) is 0 Å². The van der Waals surface area contributed by atoms with Crippen LogP contribution < -0.4 is 9.47 Å². The van der Waals surface area contributed by atoms with Gasteiger partial charge in [-0.15, -0.1) is 0 Å². The molecule has 0 saturated heterocycles. The van der Waals surface area contributed by atoms with Crippen LogP contribution in [-0.4, -0.2) is 29.4 Å². The van der Waals surface area contributed by atoms with E-state index < -0.39 is 6.17 Å². The first-order valence-corrected chi connectivity index (χ1v) is 14.1. The maximum atomic E-state index is 13.6. The van der Waals surface area contributed by atoms with E-state index in [2.05, 4.69) is 16.9 Å². The van der Waals surface area contributed by atoms with Crippen LogP contribution in [0.5, 0.6) is 11.5 Å². The quantitative estimate of drug-likeness (QED) is 0.161. The molecule has 3 rings (SSSR count). The van der Waals surface area contributed by atoms with Crippen LogP contribution in [0.1, 0.15) is 84.5 Å². The summed E-state index contributed by atoms with van der Waals surface area (Å²) in [4.78, 5) is 9.08. The van der Waals surface area contributed by atoms with Gasteiger partial charge in [-0.05, 0) is 54.8 Å². The van der Waals surface area contributed by atoms with Crippen LogP contribution in [0.3, 0.4) is 0 Å². The van der Waals surface area contributed by atoms with E-state index in [1.165, 1.54) is 51.4 Å². The van der Waals surface area contributed by atoms with Gasteiger partial charge < -0.3 is 9.47 Å². The number of aromatic nitrogens is 2. The van der Waals surface area contributed by atoms with Crippen molar-refractivity contribution in [1.82, 2.24) is 9.97 Å². The molecular weight excluding hydrogens is 463 g/mol. The molecule has 0 aliphatic carbocycles. The lowest BCUT2D eigenvalue weighted by Gasteiger charge is -2.10. The van der Waals surface area contributed by atoms with Crippen LogP contribution in [0, 0.1) is 0 Å². The van der Waals surface area contributed by atoms with Crippen LogP contribution in [0.25, 0.3) is 22.5 Å². The number of halogens is 1. The van der Waals surface area contributed by atoms with Crippen LogP contribution in [0.4, 0.5) is 4.39 Å². The summed E-state index contributed by atoms with van der Waals surface area (Å²) in [6.07, 6.45) is 15.9. The predicted molar refractivity (Wildman–Crippen MR) is 151 cm³/mol. The van der Waals surface area contributed by atoms with Gasteiger partial charge in [0.15, 0.2) is 5.82 Å². The van der Waals surface area contributed by atoms with Gasteiger partial charge in [-0.2, -0.15) is 0 Å². The van der Waals surface area contributed by atoms with Gasteiger partial charge in [0.05, 0.1) is 6.61 Å². The normalized spacial score (nSPS) is 11.9. The molecule has 1 aromatic heterocycles. The zero-order chi connectivity index (χ0) is 26.1. The molecule has 0 saturated carbocycles. The van der Waals surface area contributed by atoms with Crippen LogP contribution in [-0.2, 0) is 0 Å². The predicted octanol–water partition coefficient (Wildman–Crippen LogP) is 9.24. The van der Waals surface area contributed by atoms with E-state index >= 15 is 0 Å². The summed E-state index contributed by atoms with van der Waals surface area (Å²) in [5.41, 5.74) is 2.90. The fraction of sp³-hybridized carbons (Fsp3) is 0.500. The zero-order valence-electron chi connectivity index (χ0n) is 22.6. The van der Waals surface area contributed by atoms with Crippen molar-refractivity contribution in [3.8, 4) is 34.0 Å². The Balaban J connectivity index is 1.39. The van der Waals surface area contributed by atoms with Gasteiger partial charge in [0.1, 0.15) is 24.3 Å². The number of hydrogen-bond donors (Lipinski definition) is 0. The number of ether oxygens (including phenoxy) is 2. The Bertz CT molecular complexity index is 991. The second-order valence-electron chi connectivity index (χ2n) is 9.72. The summed E-state index contributed by atoms with van der Waals surface area (Å²) in [6.45, 7) is 5.08. The highest BCUT2D eigenvalue weighted by atomic mass is 19.1. The first-order valence-electron chi connectivity index (χ1n) is 14.1. The minimum absolute atomic E-state index is 0.0848. The highest BCUT2D eigenvalue weighted by molar-refractivity contribution is 5.64. The van der Waals surface area contributed by atoms with E-state index in [4.69, 9.17) is 9.47 Å². The molecule has 1 heterocycles. The second kappa shape index (κ2) is 16.7. The van der Waals surface area contributed by atoms with Gasteiger partial charge in [-0.3, -0.25) is 0 Å². The molecule has 1 atom stereocenters. The zero-order valence-corrected chi connectivity index (χ0v) is 22.6. The van der Waals surface area contributed by atoms with Gasteiger partial charge >= 0.3 is 0 Å². The first-order chi connectivity index (χ1) is 18.2. The Morgan fingerprint density at radius 1 is 0.622 bits per heavy atom. The largest absolute Gasteiger partial charge is 0.494 e. The lowest BCUT2D eigenvalue weighted by atomic mass is 10.1. The van der Waals surface area contributed by atoms with Crippen molar-refractivity contribution in [2.24, 2.45) is 0 Å². The number of unbranched alkanes of at least 4 members (excludes halogenated alkanes) is 8. The molecule has 37 heavy (non-hydrogen) atoms. The van der Waals surface area contributed by atoms with Gasteiger partial charge in [0.2, 0.25) is 0 Å². The Morgan fingerprint density at radius 2 is 1.16 bits per heavy atom. The first kappa shape index (κ1) is 28.6. The van der Waals surface area contributed by atoms with E-state index in [9.17, 15) is 4.39 Å². The molecule has 0 aliphatic rings. The van der Waals surface area contributed by atoms with Crippen molar-refractivity contribution in [2.75, 3.05) is 13.2 Å². The lowest BCUT2D eigenvalue weighted by Crippen LogP contribution is -2.12. The smallest absolute Gasteiger partial charge is 0.159 e. The standard InChI is InChI=1S/C32H43FN2O2/c1-3-5-6-7-8-9-10-11-12-22-36-30-18-14-26(15-19-30)28-23-34-32(35-24-28)27-16-20-31(21-17-27)37-25-29(33)13-4-2/h14-21,23-24,29H,3-13,22,25H2,1-2H3. The molecule has 0 N–H and O–H groups in total. The molecule has 0 radical (unpaired) electrons. The third-order valence-corrected chi connectivity index (χ3v) is 6.50. The van der Waals surface area contributed by atoms with E-state index in [1.807, 2.05) is 67.8 Å². The van der Waals surface area contributed by atoms with E-state index in [1.54, 1.807) is 0 Å². The Kier molecular flexibility index (Phi) is 12.9. The number of hydrogen-bond acceptors (Lipinski definition) is 4. The Labute approximate surface area is 222 Å². The van der Waals surface area contributed by atoms with E-state index in [-0.39, 0.29) is 6.61 Å². The topological polar surface area (TPSA) is 44.2 Å². The SMILES string of the molecule is CCCCCCCCCCCOc1ccc(-c2cnc(-c3ccc(OCC(F)CCC)cc3)nc2)cc1. The Morgan fingerprint density at radius 3 is 1.76 bits per heavy atom. The summed E-state index contributed by atoms with van der Waals surface area (Å²) >= 11 is 0. The van der Waals surface area contributed by atoms with E-state index in [0.717, 1.165) is 41.9 Å². The maximum absolute atomic E-state index is 13.6. The lowest BCUT2D eigenvalue weighted by molar-refractivity contribution is 0.186. The molecule has 4 nitrogen and oxygen atoms in total. The second-order valence-corrected chi connectivity index (χ2v) is 9.72. The molecule has 0 amide bonds. The maximum Gasteiger partial charge on any atom is 0.159 e. The number of alkyl halides is 1. The van der Waals surface area contributed by atoms with Crippen LogP contribution in [0.15, 0.2) is 60.9 Å². The summed E-state index contributed by atoms with van der Waals surface area (Å²) in [6, 6.07) is 15.6. The molecule has 1 unspecified atom stereocenters. The molecule has 200 valence electrons. The van der Waals surface area contributed by atoms with Gasteiger partial charge in [-0.1, -0.05) is 83.8 Å². The summed E-state index contributed by atoms with van der Waals surface area (Å²) < 4.78 is 25.1. The average molecular weight is 507 g/mol. The van der Waals surface area contributed by atoms with Crippen LogP contribution in [0.2, 0.25) is 0 Å². The molecule has 3 aromatic rings. The molecule has 0 bridgehead atoms. The van der Waals surface area contributed by atoms with Gasteiger partial charge in [-0.25, -0.2) is 14.4 Å². The minimum atomic E-state index is -0.930. The summed E-state index contributed by atoms with van der Waals surface area (Å²) in [5, 5.41) is 0. The third kappa shape index (κ3) is 10.5. The average Bonchev–Trinajstić information content (AvgIpc) is 2.94. The highest BCUT2D eigenvalue weighted by Crippen LogP contribution is 2.24. The van der Waals surface area contributed by atoms with Gasteiger partial charge in [0.25, 0.3) is 0 Å². The highest BCUT2D eigenvalue weighted by Gasteiger charge is 2.08. The summed E-state index contributed by atoms with van der Waals surface area (Å²) in [7, 11) is 0. The molecule has 2 aromatic carbocycles. The van der Waals surface area contributed by atoms with Crippen LogP contribution >= 0.6 is 0 Å². The van der Waals surface area contributed by atoms with Crippen molar-refractivity contribution < 1.29 is 13.9 Å². The van der Waals surface area contributed by atoms with Crippen molar-refractivity contribution in [2.45, 2.75) is 90.6 Å². The fourth-order valence-corrected chi connectivity index (χ4v) is 4.26.